The highest BCUT2D eigenvalue weighted by Crippen LogP contribution is 2.28. The number of aromatic nitrogens is 4. The number of rotatable bonds is 4. The topological polar surface area (TPSA) is 78.9 Å². The monoisotopic (exact) mass is 267 g/mol. The van der Waals surface area contributed by atoms with E-state index in [0.717, 1.165) is 5.56 Å². The van der Waals surface area contributed by atoms with Crippen molar-refractivity contribution in [3.63, 3.8) is 0 Å². The first-order chi connectivity index (χ1) is 8.60. The first-order valence-corrected chi connectivity index (χ1v) is 5.80. The van der Waals surface area contributed by atoms with E-state index in [4.69, 9.17) is 22.1 Å². The van der Waals surface area contributed by atoms with Crippen molar-refractivity contribution in [3.05, 3.63) is 34.6 Å². The quantitative estimate of drug-likeness (QED) is 0.898. The Hall–Kier alpha value is -1.66. The van der Waals surface area contributed by atoms with Crippen LogP contribution in [-0.4, -0.2) is 27.3 Å². The van der Waals surface area contributed by atoms with Gasteiger partial charge in [0.25, 0.3) is 0 Å². The van der Waals surface area contributed by atoms with Gasteiger partial charge in [0.15, 0.2) is 5.82 Å². The van der Waals surface area contributed by atoms with E-state index in [1.807, 2.05) is 0 Å². The second kappa shape index (κ2) is 5.32. The fraction of sp³-hybridized carbons (Fsp3) is 0.364. The third kappa shape index (κ3) is 2.77. The summed E-state index contributed by atoms with van der Waals surface area (Å²) in [5, 5.41) is 12.4. The normalized spacial score (nSPS) is 12.4. The van der Waals surface area contributed by atoms with Crippen molar-refractivity contribution < 1.29 is 4.74 Å². The molecule has 1 aromatic carbocycles. The van der Waals surface area contributed by atoms with Crippen molar-refractivity contribution in [1.82, 2.24) is 20.2 Å². The zero-order chi connectivity index (χ0) is 13.1. The van der Waals surface area contributed by atoms with Crippen molar-refractivity contribution in [1.29, 1.82) is 0 Å². The molecule has 6 nitrogen and oxygen atoms in total. The highest BCUT2D eigenvalue weighted by atomic mass is 35.5. The summed E-state index contributed by atoms with van der Waals surface area (Å²) in [4.78, 5) is 1.40. The minimum atomic E-state index is -0.289. The van der Waals surface area contributed by atoms with Crippen LogP contribution in [0.1, 0.15) is 17.4 Å². The average molecular weight is 268 g/mol. The smallest absolute Gasteiger partial charge is 0.176 e. The average Bonchev–Trinajstić information content (AvgIpc) is 2.74. The van der Waals surface area contributed by atoms with Gasteiger partial charge in [-0.05, 0) is 23.4 Å². The van der Waals surface area contributed by atoms with E-state index < -0.39 is 0 Å². The van der Waals surface area contributed by atoms with Crippen LogP contribution in [0.3, 0.4) is 0 Å². The molecule has 96 valence electrons. The molecule has 0 fully saturated rings. The fourth-order valence-corrected chi connectivity index (χ4v) is 1.89. The van der Waals surface area contributed by atoms with E-state index in [1.165, 1.54) is 4.80 Å². The minimum absolute atomic E-state index is 0.289. The van der Waals surface area contributed by atoms with Gasteiger partial charge in [-0.2, -0.15) is 4.80 Å². The Morgan fingerprint density at radius 3 is 2.89 bits per heavy atom. The first kappa shape index (κ1) is 12.8. The van der Waals surface area contributed by atoms with E-state index in [1.54, 1.807) is 32.4 Å². The summed E-state index contributed by atoms with van der Waals surface area (Å²) in [5.74, 6) is 1.29. The van der Waals surface area contributed by atoms with Gasteiger partial charge >= 0.3 is 0 Å². The van der Waals surface area contributed by atoms with Crippen LogP contribution >= 0.6 is 11.6 Å². The van der Waals surface area contributed by atoms with Crippen molar-refractivity contribution >= 4 is 11.6 Å². The standard InChI is InChI=1S/C11H14ClN5O/c1-17-15-11(14-16-17)6-9(13)8-5-7(12)3-4-10(8)18-2/h3-5,9H,6,13H2,1-2H3. The van der Waals surface area contributed by atoms with Crippen LogP contribution < -0.4 is 10.5 Å². The van der Waals surface area contributed by atoms with Gasteiger partial charge < -0.3 is 10.5 Å². The molecule has 2 rings (SSSR count). The van der Waals surface area contributed by atoms with Gasteiger partial charge in [0.05, 0.1) is 14.2 Å². The SMILES string of the molecule is COc1ccc(Cl)cc1C(N)Cc1nnn(C)n1. The van der Waals surface area contributed by atoms with Crippen molar-refractivity contribution in [3.8, 4) is 5.75 Å². The number of tetrazole rings is 1. The van der Waals surface area contributed by atoms with E-state index in [0.29, 0.717) is 23.0 Å². The number of benzene rings is 1. The molecule has 0 aliphatic heterocycles. The lowest BCUT2D eigenvalue weighted by molar-refractivity contribution is 0.405. The predicted molar refractivity (Wildman–Crippen MR) is 67.4 cm³/mol. The first-order valence-electron chi connectivity index (χ1n) is 5.42. The summed E-state index contributed by atoms with van der Waals surface area (Å²) in [6, 6.07) is 5.06. The maximum atomic E-state index is 6.13. The molecule has 0 aliphatic rings. The van der Waals surface area contributed by atoms with Crippen LogP contribution in [0.2, 0.25) is 5.02 Å². The van der Waals surface area contributed by atoms with Gasteiger partial charge in [0.2, 0.25) is 0 Å². The molecule has 0 saturated heterocycles. The molecule has 0 radical (unpaired) electrons. The van der Waals surface area contributed by atoms with Gasteiger partial charge in [-0.1, -0.05) is 11.6 Å². The molecule has 7 heteroatoms. The molecule has 1 heterocycles. The van der Waals surface area contributed by atoms with Gasteiger partial charge in [-0.15, -0.1) is 10.2 Å². The number of hydrogen-bond donors (Lipinski definition) is 1. The maximum Gasteiger partial charge on any atom is 0.176 e. The van der Waals surface area contributed by atoms with Crippen LogP contribution in [0.4, 0.5) is 0 Å². The van der Waals surface area contributed by atoms with Crippen molar-refractivity contribution in [2.45, 2.75) is 12.5 Å². The Balaban J connectivity index is 2.22. The van der Waals surface area contributed by atoms with Crippen LogP contribution in [0, 0.1) is 0 Å². The summed E-state index contributed by atoms with van der Waals surface area (Å²) >= 11 is 5.97. The largest absolute Gasteiger partial charge is 0.496 e. The van der Waals surface area contributed by atoms with Crippen LogP contribution in [0.15, 0.2) is 18.2 Å². The van der Waals surface area contributed by atoms with Crippen LogP contribution in [0.25, 0.3) is 0 Å². The summed E-state index contributed by atoms with van der Waals surface area (Å²) in [6.45, 7) is 0. The van der Waals surface area contributed by atoms with Crippen molar-refractivity contribution in [2.75, 3.05) is 7.11 Å². The van der Waals surface area contributed by atoms with Crippen LogP contribution in [0.5, 0.6) is 5.75 Å². The lowest BCUT2D eigenvalue weighted by Crippen LogP contribution is -2.15. The molecular weight excluding hydrogens is 254 g/mol. The Bertz CT molecular complexity index is 542. The summed E-state index contributed by atoms with van der Waals surface area (Å²) in [5.41, 5.74) is 6.96. The summed E-state index contributed by atoms with van der Waals surface area (Å²) in [7, 11) is 3.31. The summed E-state index contributed by atoms with van der Waals surface area (Å²) < 4.78 is 5.26. The third-order valence-electron chi connectivity index (χ3n) is 2.54. The number of nitrogens with two attached hydrogens (primary N) is 1. The summed E-state index contributed by atoms with van der Waals surface area (Å²) in [6.07, 6.45) is 0.477. The van der Waals surface area contributed by atoms with Gasteiger partial charge in [0, 0.05) is 23.0 Å². The third-order valence-corrected chi connectivity index (χ3v) is 2.78. The molecule has 0 spiro atoms. The number of hydrogen-bond acceptors (Lipinski definition) is 5. The van der Waals surface area contributed by atoms with Gasteiger partial charge in [-0.3, -0.25) is 0 Å². The number of nitrogens with zero attached hydrogens (tertiary/aromatic N) is 4. The second-order valence-corrected chi connectivity index (χ2v) is 4.33. The van der Waals surface area contributed by atoms with Gasteiger partial charge in [-0.25, -0.2) is 0 Å². The van der Waals surface area contributed by atoms with E-state index in [-0.39, 0.29) is 6.04 Å². The Morgan fingerprint density at radius 2 is 2.28 bits per heavy atom. The molecule has 0 bridgehead atoms. The molecular formula is C11H14ClN5O. The molecule has 1 unspecified atom stereocenters. The predicted octanol–water partition coefficient (Wildman–Crippen LogP) is 1.11. The minimum Gasteiger partial charge on any atom is -0.496 e. The molecule has 2 N–H and O–H groups in total. The van der Waals surface area contributed by atoms with E-state index in [2.05, 4.69) is 15.4 Å². The van der Waals surface area contributed by atoms with E-state index >= 15 is 0 Å². The maximum absolute atomic E-state index is 6.13. The fourth-order valence-electron chi connectivity index (χ4n) is 1.71. The second-order valence-electron chi connectivity index (χ2n) is 3.89. The lowest BCUT2D eigenvalue weighted by Gasteiger charge is -2.14. The van der Waals surface area contributed by atoms with Crippen molar-refractivity contribution in [2.24, 2.45) is 12.8 Å². The van der Waals surface area contributed by atoms with Gasteiger partial charge in [0.1, 0.15) is 5.75 Å². The zero-order valence-electron chi connectivity index (χ0n) is 10.2. The highest BCUT2D eigenvalue weighted by molar-refractivity contribution is 6.30. The molecule has 18 heavy (non-hydrogen) atoms. The lowest BCUT2D eigenvalue weighted by atomic mass is 10.0. The number of ether oxygens (including phenoxy) is 1. The Morgan fingerprint density at radius 1 is 1.50 bits per heavy atom. The zero-order valence-corrected chi connectivity index (χ0v) is 10.9. The van der Waals surface area contributed by atoms with E-state index in [9.17, 15) is 0 Å². The Kier molecular flexibility index (Phi) is 3.78. The Labute approximate surface area is 110 Å². The molecule has 0 aliphatic carbocycles. The molecule has 1 aromatic heterocycles. The molecule has 0 amide bonds. The number of methoxy groups -OCH3 is 1. The number of aryl methyl sites for hydroxylation is 1. The molecule has 0 saturated carbocycles. The number of halogens is 1. The molecule has 1 atom stereocenters. The highest BCUT2D eigenvalue weighted by Gasteiger charge is 2.15. The van der Waals surface area contributed by atoms with Crippen LogP contribution in [-0.2, 0) is 13.5 Å². The molecule has 2 aromatic rings.